The SMILES string of the molecule is CCC(C)C(NC(=O)C(CO)NC(=O)C(N)CO)C(=O)NC(CCCCN)C(=O)O. The second kappa shape index (κ2) is 14.7. The quantitative estimate of drug-likeness (QED) is 0.123. The van der Waals surface area contributed by atoms with Crippen molar-refractivity contribution in [3.05, 3.63) is 0 Å². The fourth-order valence-corrected chi connectivity index (χ4v) is 2.52. The van der Waals surface area contributed by atoms with Gasteiger partial charge in [0.25, 0.3) is 0 Å². The number of aliphatic carboxylic acids is 1. The first-order valence-electron chi connectivity index (χ1n) is 9.94. The molecule has 0 bridgehead atoms. The van der Waals surface area contributed by atoms with Crippen molar-refractivity contribution < 1.29 is 34.5 Å². The molecule has 0 heterocycles. The summed E-state index contributed by atoms with van der Waals surface area (Å²) in [5.74, 6) is -3.93. The summed E-state index contributed by atoms with van der Waals surface area (Å²) in [6.45, 7) is 2.48. The molecule has 0 aromatic rings. The minimum Gasteiger partial charge on any atom is -0.480 e. The maximum Gasteiger partial charge on any atom is 0.326 e. The Hall–Kier alpha value is -2.28. The van der Waals surface area contributed by atoms with E-state index in [9.17, 15) is 29.4 Å². The van der Waals surface area contributed by atoms with Gasteiger partial charge in [-0.15, -0.1) is 0 Å². The van der Waals surface area contributed by atoms with Crippen LogP contribution < -0.4 is 27.4 Å². The zero-order chi connectivity index (χ0) is 23.3. The molecule has 0 aliphatic rings. The molecular weight excluding hydrogens is 398 g/mol. The molecule has 10 N–H and O–H groups in total. The molecule has 0 saturated carbocycles. The summed E-state index contributed by atoms with van der Waals surface area (Å²) in [4.78, 5) is 48.4. The lowest BCUT2D eigenvalue weighted by atomic mass is 9.97. The Balaban J connectivity index is 5.24. The number of nitrogens with one attached hydrogen (secondary N) is 3. The number of aliphatic hydroxyl groups excluding tert-OH is 2. The number of carbonyl (C=O) groups excluding carboxylic acids is 3. The molecule has 0 spiro atoms. The first-order chi connectivity index (χ1) is 14.1. The van der Waals surface area contributed by atoms with Crippen LogP contribution in [0.4, 0.5) is 0 Å². The highest BCUT2D eigenvalue weighted by Gasteiger charge is 2.32. The van der Waals surface area contributed by atoms with Gasteiger partial charge in [0.1, 0.15) is 24.2 Å². The standard InChI is InChI=1S/C18H35N5O7/c1-3-10(2)14(17(28)21-12(18(29)30)6-4-5-7-19)23-16(27)13(9-25)22-15(26)11(20)8-24/h10-14,24-25H,3-9,19-20H2,1-2H3,(H,21,28)(H,22,26)(H,23,27)(H,29,30). The van der Waals surface area contributed by atoms with Crippen LogP contribution in [0.25, 0.3) is 0 Å². The lowest BCUT2D eigenvalue weighted by Gasteiger charge is -2.27. The van der Waals surface area contributed by atoms with E-state index in [4.69, 9.17) is 16.6 Å². The summed E-state index contributed by atoms with van der Waals surface area (Å²) < 4.78 is 0. The third-order valence-electron chi connectivity index (χ3n) is 4.70. The van der Waals surface area contributed by atoms with Crippen LogP contribution in [-0.4, -0.2) is 82.9 Å². The molecule has 12 heteroatoms. The maximum atomic E-state index is 12.7. The summed E-state index contributed by atoms with van der Waals surface area (Å²) in [6, 6.07) is -4.89. The summed E-state index contributed by atoms with van der Waals surface area (Å²) in [5, 5.41) is 34.7. The molecule has 0 radical (unpaired) electrons. The summed E-state index contributed by atoms with van der Waals surface area (Å²) in [5.41, 5.74) is 10.8. The highest BCUT2D eigenvalue weighted by molar-refractivity contribution is 5.94. The van der Waals surface area contributed by atoms with Gasteiger partial charge < -0.3 is 42.7 Å². The van der Waals surface area contributed by atoms with Gasteiger partial charge >= 0.3 is 5.97 Å². The smallest absolute Gasteiger partial charge is 0.326 e. The molecule has 3 amide bonds. The topological polar surface area (TPSA) is 217 Å². The van der Waals surface area contributed by atoms with Gasteiger partial charge in [-0.1, -0.05) is 20.3 Å². The van der Waals surface area contributed by atoms with Crippen molar-refractivity contribution in [1.29, 1.82) is 0 Å². The number of carboxylic acid groups (broad SMARTS) is 1. The summed E-state index contributed by atoms with van der Waals surface area (Å²) >= 11 is 0. The van der Waals surface area contributed by atoms with E-state index in [0.29, 0.717) is 25.8 Å². The molecule has 0 rings (SSSR count). The average molecular weight is 434 g/mol. The molecule has 174 valence electrons. The zero-order valence-electron chi connectivity index (χ0n) is 17.5. The number of amides is 3. The molecule has 0 aromatic carbocycles. The third-order valence-corrected chi connectivity index (χ3v) is 4.70. The van der Waals surface area contributed by atoms with Gasteiger partial charge in [-0.3, -0.25) is 14.4 Å². The Kier molecular flexibility index (Phi) is 13.5. The zero-order valence-corrected chi connectivity index (χ0v) is 17.5. The number of carboxylic acids is 1. The maximum absolute atomic E-state index is 12.7. The molecule has 5 unspecified atom stereocenters. The van der Waals surface area contributed by atoms with Gasteiger partial charge in [-0.2, -0.15) is 0 Å². The Morgan fingerprint density at radius 3 is 1.97 bits per heavy atom. The lowest BCUT2D eigenvalue weighted by molar-refractivity contribution is -0.143. The summed E-state index contributed by atoms with van der Waals surface area (Å²) in [6.07, 6.45) is 1.81. The van der Waals surface area contributed by atoms with Gasteiger partial charge in [0.05, 0.1) is 13.2 Å². The van der Waals surface area contributed by atoms with Gasteiger partial charge in [0.2, 0.25) is 17.7 Å². The van der Waals surface area contributed by atoms with E-state index < -0.39 is 61.1 Å². The van der Waals surface area contributed by atoms with Crippen LogP contribution in [0.2, 0.25) is 0 Å². The number of rotatable bonds is 15. The number of hydrogen-bond acceptors (Lipinski definition) is 8. The van der Waals surface area contributed by atoms with Crippen LogP contribution in [0.5, 0.6) is 0 Å². The Morgan fingerprint density at radius 2 is 1.50 bits per heavy atom. The van der Waals surface area contributed by atoms with Crippen LogP contribution >= 0.6 is 0 Å². The van der Waals surface area contributed by atoms with Crippen LogP contribution in [0.15, 0.2) is 0 Å². The predicted octanol–water partition coefficient (Wildman–Crippen LogP) is -2.99. The van der Waals surface area contributed by atoms with E-state index in [-0.39, 0.29) is 12.3 Å². The first-order valence-corrected chi connectivity index (χ1v) is 9.94. The second-order valence-electron chi connectivity index (χ2n) is 7.09. The minimum absolute atomic E-state index is 0.188. The van der Waals surface area contributed by atoms with Crippen molar-refractivity contribution in [3.8, 4) is 0 Å². The number of unbranched alkanes of at least 4 members (excludes halogenated alkanes) is 1. The van der Waals surface area contributed by atoms with E-state index >= 15 is 0 Å². The van der Waals surface area contributed by atoms with Crippen molar-refractivity contribution in [3.63, 3.8) is 0 Å². The molecular formula is C18H35N5O7. The van der Waals surface area contributed by atoms with Gasteiger partial charge in [-0.05, 0) is 31.7 Å². The van der Waals surface area contributed by atoms with Gasteiger partial charge in [-0.25, -0.2) is 4.79 Å². The van der Waals surface area contributed by atoms with Crippen LogP contribution in [0.3, 0.4) is 0 Å². The third kappa shape index (κ3) is 9.48. The van der Waals surface area contributed by atoms with E-state index in [1.807, 2.05) is 0 Å². The number of hydrogen-bond donors (Lipinski definition) is 8. The molecule has 12 nitrogen and oxygen atoms in total. The van der Waals surface area contributed by atoms with E-state index in [0.717, 1.165) is 0 Å². The number of aliphatic hydroxyl groups is 2. The first kappa shape index (κ1) is 27.7. The fraction of sp³-hybridized carbons (Fsp3) is 0.778. The van der Waals surface area contributed by atoms with Crippen molar-refractivity contribution in [2.75, 3.05) is 19.8 Å². The molecule has 0 saturated heterocycles. The molecule has 0 fully saturated rings. The molecule has 0 aliphatic heterocycles. The normalized spacial score (nSPS) is 15.9. The Bertz CT molecular complexity index is 575. The number of carbonyl (C=O) groups is 4. The highest BCUT2D eigenvalue weighted by Crippen LogP contribution is 2.10. The van der Waals surface area contributed by atoms with Crippen LogP contribution in [0, 0.1) is 5.92 Å². The van der Waals surface area contributed by atoms with Crippen molar-refractivity contribution in [1.82, 2.24) is 16.0 Å². The minimum atomic E-state index is -1.39. The van der Waals surface area contributed by atoms with Crippen LogP contribution in [0.1, 0.15) is 39.5 Å². The molecule has 5 atom stereocenters. The largest absolute Gasteiger partial charge is 0.480 e. The van der Waals surface area contributed by atoms with Crippen molar-refractivity contribution >= 4 is 23.7 Å². The molecule has 0 aliphatic carbocycles. The highest BCUT2D eigenvalue weighted by atomic mass is 16.4. The summed E-state index contributed by atoms with van der Waals surface area (Å²) in [7, 11) is 0. The monoisotopic (exact) mass is 433 g/mol. The van der Waals surface area contributed by atoms with Gasteiger partial charge in [0.15, 0.2) is 0 Å². The van der Waals surface area contributed by atoms with E-state index in [1.54, 1.807) is 13.8 Å². The van der Waals surface area contributed by atoms with Crippen molar-refractivity contribution in [2.45, 2.75) is 63.7 Å². The van der Waals surface area contributed by atoms with Crippen molar-refractivity contribution in [2.24, 2.45) is 17.4 Å². The average Bonchev–Trinajstić information content (AvgIpc) is 2.73. The van der Waals surface area contributed by atoms with E-state index in [2.05, 4.69) is 16.0 Å². The second-order valence-corrected chi connectivity index (χ2v) is 7.09. The lowest BCUT2D eigenvalue weighted by Crippen LogP contribution is -2.59. The Labute approximate surface area is 175 Å². The fourth-order valence-electron chi connectivity index (χ4n) is 2.52. The Morgan fingerprint density at radius 1 is 0.900 bits per heavy atom. The van der Waals surface area contributed by atoms with Gasteiger partial charge in [0, 0.05) is 0 Å². The number of nitrogens with two attached hydrogens (primary N) is 2. The van der Waals surface area contributed by atoms with Crippen LogP contribution in [-0.2, 0) is 19.2 Å². The van der Waals surface area contributed by atoms with E-state index in [1.165, 1.54) is 0 Å². The molecule has 30 heavy (non-hydrogen) atoms. The predicted molar refractivity (Wildman–Crippen MR) is 108 cm³/mol. The molecule has 0 aromatic heterocycles.